The van der Waals surface area contributed by atoms with E-state index in [4.69, 9.17) is 5.26 Å². The van der Waals surface area contributed by atoms with Gasteiger partial charge in [0.05, 0.1) is 11.8 Å². The summed E-state index contributed by atoms with van der Waals surface area (Å²) in [4.78, 5) is 0. The molecule has 0 atom stereocenters. The van der Waals surface area contributed by atoms with Crippen LogP contribution in [0.4, 0.5) is 4.39 Å². The molecule has 1 rings (SSSR count). The molecule has 0 unspecified atom stereocenters. The maximum Gasteiger partial charge on any atom is 0.234 e. The average molecular weight is 123 g/mol. The monoisotopic (exact) mass is 123 g/mol. The van der Waals surface area contributed by atoms with Crippen molar-refractivity contribution in [2.75, 3.05) is 0 Å². The standard InChI is InChI=1S/C5H2FN3/c6-5-1-4(2-7)3-8-9-5/h1,3H. The molecule has 0 N–H and O–H groups in total. The van der Waals surface area contributed by atoms with Crippen molar-refractivity contribution in [3.8, 4) is 6.07 Å². The summed E-state index contributed by atoms with van der Waals surface area (Å²) in [6.45, 7) is 0. The predicted octanol–water partition coefficient (Wildman–Crippen LogP) is 0.487. The molecule has 0 aliphatic rings. The van der Waals surface area contributed by atoms with Crippen molar-refractivity contribution in [2.45, 2.75) is 0 Å². The second-order valence-corrected chi connectivity index (χ2v) is 1.38. The number of aromatic nitrogens is 2. The normalized spacial score (nSPS) is 8.44. The molecule has 1 aromatic heterocycles. The third kappa shape index (κ3) is 1.19. The second kappa shape index (κ2) is 2.18. The summed E-state index contributed by atoms with van der Waals surface area (Å²) >= 11 is 0. The van der Waals surface area contributed by atoms with Crippen LogP contribution in [0.1, 0.15) is 5.56 Å². The minimum atomic E-state index is -0.728. The lowest BCUT2D eigenvalue weighted by atomic mass is 10.3. The molecule has 0 spiro atoms. The molecule has 0 saturated heterocycles. The van der Waals surface area contributed by atoms with Gasteiger partial charge in [-0.05, 0) is 0 Å². The Kier molecular flexibility index (Phi) is 1.36. The summed E-state index contributed by atoms with van der Waals surface area (Å²) in [6.07, 6.45) is 1.20. The minimum absolute atomic E-state index is 0.183. The highest BCUT2D eigenvalue weighted by molar-refractivity contribution is 5.22. The molecular weight excluding hydrogens is 121 g/mol. The summed E-state index contributed by atoms with van der Waals surface area (Å²) in [5.41, 5.74) is 0.183. The fraction of sp³-hybridized carbons (Fsp3) is 0. The Bertz CT molecular complexity index is 253. The molecule has 0 amide bonds. The van der Waals surface area contributed by atoms with Gasteiger partial charge in [0.15, 0.2) is 0 Å². The van der Waals surface area contributed by atoms with Gasteiger partial charge < -0.3 is 0 Å². The zero-order valence-corrected chi connectivity index (χ0v) is 4.37. The van der Waals surface area contributed by atoms with E-state index in [-0.39, 0.29) is 5.56 Å². The Morgan fingerprint density at radius 2 is 2.44 bits per heavy atom. The SMILES string of the molecule is N#Cc1cnnc(F)c1. The summed E-state index contributed by atoms with van der Waals surface area (Å²) in [5, 5.41) is 14.4. The van der Waals surface area contributed by atoms with Crippen molar-refractivity contribution in [2.24, 2.45) is 0 Å². The van der Waals surface area contributed by atoms with E-state index in [2.05, 4.69) is 10.2 Å². The topological polar surface area (TPSA) is 49.6 Å². The van der Waals surface area contributed by atoms with Crippen molar-refractivity contribution < 1.29 is 4.39 Å². The predicted molar refractivity (Wildman–Crippen MR) is 26.7 cm³/mol. The average Bonchev–Trinajstić information content (AvgIpc) is 1.88. The molecule has 0 saturated carbocycles. The first-order valence-corrected chi connectivity index (χ1v) is 2.21. The molecular formula is C5H2FN3. The fourth-order valence-corrected chi connectivity index (χ4v) is 0.402. The van der Waals surface area contributed by atoms with Crippen LogP contribution in [0.5, 0.6) is 0 Å². The zero-order valence-electron chi connectivity index (χ0n) is 4.37. The van der Waals surface area contributed by atoms with Gasteiger partial charge in [0.1, 0.15) is 6.07 Å². The molecule has 0 aliphatic carbocycles. The molecule has 0 fully saturated rings. The molecule has 0 radical (unpaired) electrons. The van der Waals surface area contributed by atoms with Crippen LogP contribution in [0.25, 0.3) is 0 Å². The van der Waals surface area contributed by atoms with Gasteiger partial charge >= 0.3 is 0 Å². The van der Waals surface area contributed by atoms with Crippen LogP contribution in [-0.4, -0.2) is 10.2 Å². The van der Waals surface area contributed by atoms with Crippen molar-refractivity contribution in [3.63, 3.8) is 0 Å². The third-order valence-corrected chi connectivity index (χ3v) is 0.754. The van der Waals surface area contributed by atoms with Crippen LogP contribution < -0.4 is 0 Å². The number of nitrogens with zero attached hydrogens (tertiary/aromatic N) is 3. The number of hydrogen-bond acceptors (Lipinski definition) is 3. The Labute approximate surface area is 50.8 Å². The van der Waals surface area contributed by atoms with E-state index in [0.717, 1.165) is 6.07 Å². The van der Waals surface area contributed by atoms with Crippen LogP contribution in [0.3, 0.4) is 0 Å². The van der Waals surface area contributed by atoms with Gasteiger partial charge in [-0.2, -0.15) is 14.8 Å². The highest BCUT2D eigenvalue weighted by Crippen LogP contribution is 1.93. The zero-order chi connectivity index (χ0) is 6.69. The lowest BCUT2D eigenvalue weighted by molar-refractivity contribution is 0.562. The smallest absolute Gasteiger partial charge is 0.192 e. The minimum Gasteiger partial charge on any atom is -0.192 e. The molecule has 1 heterocycles. The van der Waals surface area contributed by atoms with E-state index in [1.54, 1.807) is 6.07 Å². The van der Waals surface area contributed by atoms with Crippen LogP contribution in [0.2, 0.25) is 0 Å². The summed E-state index contributed by atoms with van der Waals surface area (Å²) in [7, 11) is 0. The molecule has 1 aromatic rings. The Balaban J connectivity index is 3.12. The maximum atomic E-state index is 12.0. The van der Waals surface area contributed by atoms with Crippen molar-refractivity contribution in [1.29, 1.82) is 5.26 Å². The molecule has 0 bridgehead atoms. The Morgan fingerprint density at radius 3 is 2.89 bits per heavy atom. The molecule has 9 heavy (non-hydrogen) atoms. The van der Waals surface area contributed by atoms with E-state index in [9.17, 15) is 4.39 Å². The maximum absolute atomic E-state index is 12.0. The van der Waals surface area contributed by atoms with Crippen molar-refractivity contribution in [3.05, 3.63) is 23.8 Å². The number of halogens is 1. The summed E-state index contributed by atoms with van der Waals surface area (Å²) in [6, 6.07) is 2.75. The van der Waals surface area contributed by atoms with Crippen LogP contribution in [-0.2, 0) is 0 Å². The molecule has 44 valence electrons. The summed E-state index contributed by atoms with van der Waals surface area (Å²) < 4.78 is 12.0. The van der Waals surface area contributed by atoms with Crippen LogP contribution >= 0.6 is 0 Å². The van der Waals surface area contributed by atoms with Gasteiger partial charge in [0.2, 0.25) is 5.95 Å². The fourth-order valence-electron chi connectivity index (χ4n) is 0.402. The van der Waals surface area contributed by atoms with Gasteiger partial charge in [-0.3, -0.25) is 0 Å². The van der Waals surface area contributed by atoms with Gasteiger partial charge in [0.25, 0.3) is 0 Å². The van der Waals surface area contributed by atoms with Gasteiger partial charge in [0, 0.05) is 6.07 Å². The van der Waals surface area contributed by atoms with E-state index >= 15 is 0 Å². The van der Waals surface area contributed by atoms with Crippen LogP contribution in [0, 0.1) is 17.3 Å². The van der Waals surface area contributed by atoms with E-state index in [1.807, 2.05) is 0 Å². The summed E-state index contributed by atoms with van der Waals surface area (Å²) in [5.74, 6) is -0.728. The number of nitriles is 1. The highest BCUT2D eigenvalue weighted by atomic mass is 19.1. The molecule has 4 heteroatoms. The first-order valence-electron chi connectivity index (χ1n) is 2.21. The number of hydrogen-bond donors (Lipinski definition) is 0. The highest BCUT2D eigenvalue weighted by Gasteiger charge is 1.92. The molecule has 0 aliphatic heterocycles. The van der Waals surface area contributed by atoms with Gasteiger partial charge in [-0.25, -0.2) is 0 Å². The third-order valence-electron chi connectivity index (χ3n) is 0.754. The lowest BCUT2D eigenvalue weighted by Gasteiger charge is -1.83. The Morgan fingerprint density at radius 1 is 1.67 bits per heavy atom. The second-order valence-electron chi connectivity index (χ2n) is 1.38. The van der Waals surface area contributed by atoms with Gasteiger partial charge in [-0.15, -0.1) is 5.10 Å². The number of rotatable bonds is 0. The molecule has 3 nitrogen and oxygen atoms in total. The largest absolute Gasteiger partial charge is 0.234 e. The first kappa shape index (κ1) is 5.63. The van der Waals surface area contributed by atoms with E-state index < -0.39 is 5.95 Å². The van der Waals surface area contributed by atoms with Crippen molar-refractivity contribution in [1.82, 2.24) is 10.2 Å². The van der Waals surface area contributed by atoms with Crippen molar-refractivity contribution >= 4 is 0 Å². The van der Waals surface area contributed by atoms with Crippen LogP contribution in [0.15, 0.2) is 12.3 Å². The van der Waals surface area contributed by atoms with E-state index in [0.29, 0.717) is 0 Å². The molecule has 0 aromatic carbocycles. The van der Waals surface area contributed by atoms with Gasteiger partial charge in [-0.1, -0.05) is 0 Å². The van der Waals surface area contributed by atoms with E-state index in [1.165, 1.54) is 6.20 Å². The lowest BCUT2D eigenvalue weighted by Crippen LogP contribution is -1.86. The Hall–Kier alpha value is -1.50. The quantitative estimate of drug-likeness (QED) is 0.504. The first-order chi connectivity index (χ1) is 4.33.